The average Bonchev–Trinajstić information content (AvgIpc) is 2.36. The number of ether oxygens (including phenoxy) is 1. The van der Waals surface area contributed by atoms with Crippen molar-refractivity contribution in [1.82, 2.24) is 4.72 Å². The normalized spacial score (nSPS) is 12.9. The van der Waals surface area contributed by atoms with Gasteiger partial charge in [0.05, 0.1) is 11.0 Å². The van der Waals surface area contributed by atoms with Crippen molar-refractivity contribution in [2.45, 2.75) is 24.3 Å². The maximum atomic E-state index is 11.9. The van der Waals surface area contributed by atoms with E-state index >= 15 is 0 Å². The predicted molar refractivity (Wildman–Crippen MR) is 71.1 cm³/mol. The van der Waals surface area contributed by atoms with Crippen molar-refractivity contribution in [3.8, 4) is 5.75 Å². The van der Waals surface area contributed by atoms with Gasteiger partial charge < -0.3 is 14.9 Å². The summed E-state index contributed by atoms with van der Waals surface area (Å²) in [4.78, 5) is 10.4. The minimum Gasteiger partial charge on any atom is -0.482 e. The summed E-state index contributed by atoms with van der Waals surface area (Å²) in [7, 11) is -3.64. The number of hydrogen-bond acceptors (Lipinski definition) is 5. The van der Waals surface area contributed by atoms with Crippen LogP contribution in [0.1, 0.15) is 13.3 Å². The fourth-order valence-electron chi connectivity index (χ4n) is 1.35. The second-order valence-electron chi connectivity index (χ2n) is 4.19. The molecule has 8 heteroatoms. The number of carboxylic acid groups (broad SMARTS) is 1. The highest BCUT2D eigenvalue weighted by Gasteiger charge is 2.13. The van der Waals surface area contributed by atoms with Gasteiger partial charge in [0.15, 0.2) is 6.61 Å². The van der Waals surface area contributed by atoms with E-state index in [2.05, 4.69) is 4.72 Å². The second kappa shape index (κ2) is 7.22. The van der Waals surface area contributed by atoms with E-state index in [1.165, 1.54) is 24.3 Å². The van der Waals surface area contributed by atoms with Gasteiger partial charge in [-0.1, -0.05) is 0 Å². The number of sulfonamides is 1. The highest BCUT2D eigenvalue weighted by Crippen LogP contribution is 2.15. The van der Waals surface area contributed by atoms with Crippen LogP contribution in [0.15, 0.2) is 29.2 Å². The molecular formula is C12H17NO6S. The molecule has 7 nitrogen and oxygen atoms in total. The van der Waals surface area contributed by atoms with Gasteiger partial charge in [-0.25, -0.2) is 17.9 Å². The molecule has 0 aliphatic heterocycles. The van der Waals surface area contributed by atoms with Crippen LogP contribution in [0.4, 0.5) is 0 Å². The Bertz CT molecular complexity index is 538. The van der Waals surface area contributed by atoms with E-state index in [4.69, 9.17) is 14.9 Å². The molecule has 1 unspecified atom stereocenters. The first-order chi connectivity index (χ1) is 9.31. The first kappa shape index (κ1) is 16.4. The molecule has 1 rings (SSSR count). The molecule has 0 saturated heterocycles. The first-order valence-corrected chi connectivity index (χ1v) is 7.42. The number of aliphatic hydroxyl groups excluding tert-OH is 1. The van der Waals surface area contributed by atoms with Crippen molar-refractivity contribution in [2.75, 3.05) is 13.2 Å². The summed E-state index contributed by atoms with van der Waals surface area (Å²) in [6, 6.07) is 5.40. The molecular weight excluding hydrogens is 286 g/mol. The van der Waals surface area contributed by atoms with Gasteiger partial charge in [-0.3, -0.25) is 0 Å². The molecule has 20 heavy (non-hydrogen) atoms. The molecule has 3 N–H and O–H groups in total. The lowest BCUT2D eigenvalue weighted by Crippen LogP contribution is -2.26. The zero-order valence-corrected chi connectivity index (χ0v) is 11.8. The summed E-state index contributed by atoms with van der Waals surface area (Å²) in [5, 5.41) is 17.5. The molecule has 0 bridgehead atoms. The van der Waals surface area contributed by atoms with Crippen LogP contribution in [0, 0.1) is 0 Å². The lowest BCUT2D eigenvalue weighted by atomic mass is 10.3. The van der Waals surface area contributed by atoms with Crippen molar-refractivity contribution in [1.29, 1.82) is 0 Å². The Morgan fingerprint density at radius 3 is 2.45 bits per heavy atom. The summed E-state index contributed by atoms with van der Waals surface area (Å²) < 4.78 is 31.0. The molecule has 1 aromatic carbocycles. The van der Waals surface area contributed by atoms with Gasteiger partial charge in [0.25, 0.3) is 0 Å². The van der Waals surface area contributed by atoms with Gasteiger partial charge in [0.2, 0.25) is 10.0 Å². The molecule has 0 radical (unpaired) electrons. The van der Waals surface area contributed by atoms with Crippen LogP contribution < -0.4 is 9.46 Å². The molecule has 112 valence electrons. The van der Waals surface area contributed by atoms with Gasteiger partial charge in [0, 0.05) is 6.54 Å². The Balaban J connectivity index is 2.64. The van der Waals surface area contributed by atoms with Crippen molar-refractivity contribution in [3.63, 3.8) is 0 Å². The molecule has 0 aliphatic carbocycles. The largest absolute Gasteiger partial charge is 0.482 e. The fourth-order valence-corrected chi connectivity index (χ4v) is 2.39. The van der Waals surface area contributed by atoms with Gasteiger partial charge in [-0.05, 0) is 37.6 Å². The SMILES string of the molecule is CC(O)CCNS(=O)(=O)c1ccc(OCC(=O)O)cc1. The van der Waals surface area contributed by atoms with Crippen LogP contribution in [0.2, 0.25) is 0 Å². The number of aliphatic carboxylic acids is 1. The Morgan fingerprint density at radius 1 is 1.35 bits per heavy atom. The van der Waals surface area contributed by atoms with E-state index in [1.54, 1.807) is 6.92 Å². The van der Waals surface area contributed by atoms with E-state index in [-0.39, 0.29) is 17.2 Å². The zero-order valence-electron chi connectivity index (χ0n) is 10.9. The van der Waals surface area contributed by atoms with Crippen molar-refractivity contribution < 1.29 is 28.2 Å². The van der Waals surface area contributed by atoms with Crippen molar-refractivity contribution in [3.05, 3.63) is 24.3 Å². The molecule has 0 aromatic heterocycles. The van der Waals surface area contributed by atoms with Crippen LogP contribution in [-0.2, 0) is 14.8 Å². The lowest BCUT2D eigenvalue weighted by molar-refractivity contribution is -0.139. The monoisotopic (exact) mass is 303 g/mol. The number of nitrogens with one attached hydrogen (secondary N) is 1. The Hall–Kier alpha value is -1.64. The molecule has 0 amide bonds. The predicted octanol–water partition coefficient (Wildman–Crippen LogP) is 0.199. The van der Waals surface area contributed by atoms with Crippen molar-refractivity contribution >= 4 is 16.0 Å². The van der Waals surface area contributed by atoms with Gasteiger partial charge >= 0.3 is 5.97 Å². The Morgan fingerprint density at radius 2 is 1.95 bits per heavy atom. The topological polar surface area (TPSA) is 113 Å². The minimum atomic E-state index is -3.64. The van der Waals surface area contributed by atoms with Gasteiger partial charge in [0.1, 0.15) is 5.75 Å². The number of hydrogen-bond donors (Lipinski definition) is 3. The maximum Gasteiger partial charge on any atom is 0.341 e. The lowest BCUT2D eigenvalue weighted by Gasteiger charge is -2.09. The highest BCUT2D eigenvalue weighted by molar-refractivity contribution is 7.89. The Labute approximate surface area is 117 Å². The molecule has 0 heterocycles. The van der Waals surface area contributed by atoms with Crippen molar-refractivity contribution in [2.24, 2.45) is 0 Å². The molecule has 0 saturated carbocycles. The molecule has 1 atom stereocenters. The fraction of sp³-hybridized carbons (Fsp3) is 0.417. The minimum absolute atomic E-state index is 0.0470. The third kappa shape index (κ3) is 5.55. The number of rotatable bonds is 8. The van der Waals surface area contributed by atoms with Gasteiger partial charge in [-0.2, -0.15) is 0 Å². The number of aliphatic hydroxyl groups is 1. The van der Waals surface area contributed by atoms with Crippen LogP contribution in [0.3, 0.4) is 0 Å². The van der Waals surface area contributed by atoms with Crippen LogP contribution >= 0.6 is 0 Å². The first-order valence-electron chi connectivity index (χ1n) is 5.93. The third-order valence-electron chi connectivity index (χ3n) is 2.35. The van der Waals surface area contributed by atoms with E-state index in [1.807, 2.05) is 0 Å². The summed E-state index contributed by atoms with van der Waals surface area (Å²) in [6.07, 6.45) is -0.261. The molecule has 0 aliphatic rings. The summed E-state index contributed by atoms with van der Waals surface area (Å²) in [5.41, 5.74) is 0. The van der Waals surface area contributed by atoms with E-state index in [9.17, 15) is 13.2 Å². The molecule has 0 spiro atoms. The number of carboxylic acids is 1. The van der Waals surface area contributed by atoms with Crippen LogP contribution in [0.25, 0.3) is 0 Å². The summed E-state index contributed by atoms with van der Waals surface area (Å²) in [5.74, 6) is -0.836. The van der Waals surface area contributed by atoms with Gasteiger partial charge in [-0.15, -0.1) is 0 Å². The number of carbonyl (C=O) groups is 1. The second-order valence-corrected chi connectivity index (χ2v) is 5.96. The smallest absolute Gasteiger partial charge is 0.341 e. The quantitative estimate of drug-likeness (QED) is 0.632. The standard InChI is InChI=1S/C12H17NO6S/c1-9(14)6-7-13-20(17,18)11-4-2-10(3-5-11)19-8-12(15)16/h2-5,9,13-14H,6-8H2,1H3,(H,15,16). The average molecular weight is 303 g/mol. The van der Waals surface area contributed by atoms with Crippen LogP contribution in [-0.4, -0.2) is 43.9 Å². The molecule has 1 aromatic rings. The van der Waals surface area contributed by atoms with Crippen LogP contribution in [0.5, 0.6) is 5.75 Å². The molecule has 0 fully saturated rings. The maximum absolute atomic E-state index is 11.9. The highest BCUT2D eigenvalue weighted by atomic mass is 32.2. The van der Waals surface area contributed by atoms with E-state index in [0.29, 0.717) is 6.42 Å². The van der Waals surface area contributed by atoms with E-state index in [0.717, 1.165) is 0 Å². The Kier molecular flexibility index (Phi) is 5.93. The van der Waals surface area contributed by atoms with E-state index < -0.39 is 28.7 Å². The zero-order chi connectivity index (χ0) is 15.2. The number of benzene rings is 1. The third-order valence-corrected chi connectivity index (χ3v) is 3.83. The summed E-state index contributed by atoms with van der Waals surface area (Å²) in [6.45, 7) is 1.22. The summed E-state index contributed by atoms with van der Waals surface area (Å²) >= 11 is 0.